The summed E-state index contributed by atoms with van der Waals surface area (Å²) in [5.74, 6) is 1.09. The Morgan fingerprint density at radius 1 is 1.00 bits per heavy atom. The topological polar surface area (TPSA) is 107 Å². The molecule has 0 saturated heterocycles. The lowest BCUT2D eigenvalue weighted by Crippen LogP contribution is -2.06. The van der Waals surface area contributed by atoms with E-state index in [0.717, 1.165) is 28.1 Å². The number of rotatable bonds is 11. The van der Waals surface area contributed by atoms with Gasteiger partial charge in [0.25, 0.3) is 0 Å². The molecule has 178 valence electrons. The van der Waals surface area contributed by atoms with E-state index in [4.69, 9.17) is 19.1 Å². The van der Waals surface area contributed by atoms with Gasteiger partial charge in [-0.3, -0.25) is 9.78 Å². The van der Waals surface area contributed by atoms with Gasteiger partial charge in [-0.2, -0.15) is 0 Å². The molecule has 8 heteroatoms. The molecule has 1 N–H and O–H groups in total. The second kappa shape index (κ2) is 11.6. The molecule has 0 amide bonds. The molecule has 35 heavy (non-hydrogen) atoms. The van der Waals surface area contributed by atoms with Gasteiger partial charge >= 0.3 is 5.97 Å². The van der Waals surface area contributed by atoms with Crippen LogP contribution in [0.15, 0.2) is 88.7 Å². The maximum absolute atomic E-state index is 11.0. The maximum Gasteiger partial charge on any atom is 0.303 e. The minimum atomic E-state index is -0.894. The Bertz CT molecular complexity index is 1270. The van der Waals surface area contributed by atoms with Gasteiger partial charge in [-0.15, -0.1) is 0 Å². The molecule has 0 unspecified atom stereocenters. The highest BCUT2D eigenvalue weighted by atomic mass is 16.6. The van der Waals surface area contributed by atoms with E-state index in [1.54, 1.807) is 18.5 Å². The Balaban J connectivity index is 1.32. The number of carbonyl (C=O) groups is 1. The number of aliphatic carboxylic acids is 1. The summed E-state index contributed by atoms with van der Waals surface area (Å²) < 4.78 is 11.7. The molecule has 0 fully saturated rings. The molecular formula is C27H25N3O5. The number of oxazole rings is 1. The van der Waals surface area contributed by atoms with Gasteiger partial charge in [-0.25, -0.2) is 4.98 Å². The summed E-state index contributed by atoms with van der Waals surface area (Å²) >= 11 is 0. The number of ether oxygens (including phenoxy) is 1. The lowest BCUT2D eigenvalue weighted by Gasteiger charge is -2.07. The molecule has 4 rings (SSSR count). The number of pyridine rings is 1. The third kappa shape index (κ3) is 6.77. The van der Waals surface area contributed by atoms with Crippen molar-refractivity contribution in [2.24, 2.45) is 5.16 Å². The van der Waals surface area contributed by atoms with Crippen LogP contribution >= 0.6 is 0 Å². The van der Waals surface area contributed by atoms with Crippen molar-refractivity contribution in [1.82, 2.24) is 9.97 Å². The van der Waals surface area contributed by atoms with Crippen LogP contribution in [0.2, 0.25) is 0 Å². The summed E-state index contributed by atoms with van der Waals surface area (Å²) in [5, 5.41) is 13.2. The van der Waals surface area contributed by atoms with Crippen molar-refractivity contribution in [2.45, 2.75) is 33.0 Å². The number of hydrogen-bond donors (Lipinski definition) is 1. The predicted octanol–water partition coefficient (Wildman–Crippen LogP) is 5.41. The number of benzene rings is 2. The van der Waals surface area contributed by atoms with Gasteiger partial charge in [0.2, 0.25) is 5.89 Å². The van der Waals surface area contributed by atoms with E-state index in [1.165, 1.54) is 0 Å². The van der Waals surface area contributed by atoms with E-state index in [-0.39, 0.29) is 19.4 Å². The zero-order chi connectivity index (χ0) is 24.5. The lowest BCUT2D eigenvalue weighted by atomic mass is 10.1. The minimum absolute atomic E-state index is 0.0407. The minimum Gasteiger partial charge on any atom is -0.487 e. The fourth-order valence-corrected chi connectivity index (χ4v) is 3.29. The first-order valence-corrected chi connectivity index (χ1v) is 11.1. The number of hydrogen-bond acceptors (Lipinski definition) is 7. The van der Waals surface area contributed by atoms with Gasteiger partial charge in [0, 0.05) is 29.9 Å². The van der Waals surface area contributed by atoms with E-state index in [9.17, 15) is 4.79 Å². The summed E-state index contributed by atoms with van der Waals surface area (Å²) in [5.41, 5.74) is 3.83. The van der Waals surface area contributed by atoms with Crippen molar-refractivity contribution in [3.63, 3.8) is 0 Å². The van der Waals surface area contributed by atoms with Crippen molar-refractivity contribution in [1.29, 1.82) is 0 Å². The van der Waals surface area contributed by atoms with Crippen molar-refractivity contribution in [3.05, 3.63) is 102 Å². The zero-order valence-corrected chi connectivity index (χ0v) is 19.3. The molecule has 0 spiro atoms. The SMILES string of the molecule is Cc1oc(-c2ccccc2)nc1COc1ccc(CO/N=C(\CCC(=O)O)c2cccnc2)cc1. The smallest absolute Gasteiger partial charge is 0.303 e. The number of aromatic nitrogens is 2. The van der Waals surface area contributed by atoms with Crippen LogP contribution in [0.5, 0.6) is 5.75 Å². The van der Waals surface area contributed by atoms with E-state index in [2.05, 4.69) is 15.1 Å². The molecular weight excluding hydrogens is 446 g/mol. The normalized spacial score (nSPS) is 11.3. The summed E-state index contributed by atoms with van der Waals surface area (Å²) in [6.07, 6.45) is 3.49. The molecule has 0 aliphatic heterocycles. The molecule has 0 saturated carbocycles. The standard InChI is InChI=1S/C27H25N3O5/c1-19-25(29-27(35-19)21-6-3-2-4-7-21)18-33-23-11-9-20(10-12-23)17-34-30-24(13-14-26(31)32)22-8-5-15-28-16-22/h2-12,15-16H,13-14,17-18H2,1H3,(H,31,32)/b30-24+. The number of carboxylic acid groups (broad SMARTS) is 1. The van der Waals surface area contributed by atoms with E-state index in [1.807, 2.05) is 67.6 Å². The second-order valence-electron chi connectivity index (χ2n) is 7.77. The Labute approximate surface area is 202 Å². The van der Waals surface area contributed by atoms with Crippen molar-refractivity contribution in [2.75, 3.05) is 0 Å². The third-order valence-corrected chi connectivity index (χ3v) is 5.19. The van der Waals surface area contributed by atoms with E-state index >= 15 is 0 Å². The van der Waals surface area contributed by atoms with E-state index < -0.39 is 5.97 Å². The van der Waals surface area contributed by atoms with Gasteiger partial charge in [-0.05, 0) is 48.9 Å². The highest BCUT2D eigenvalue weighted by Crippen LogP contribution is 2.23. The van der Waals surface area contributed by atoms with Crippen LogP contribution < -0.4 is 4.74 Å². The predicted molar refractivity (Wildman–Crippen MR) is 130 cm³/mol. The van der Waals surface area contributed by atoms with E-state index in [0.29, 0.717) is 24.0 Å². The monoisotopic (exact) mass is 471 g/mol. The quantitative estimate of drug-likeness (QED) is 0.230. The number of aryl methyl sites for hydroxylation is 1. The van der Waals surface area contributed by atoms with Crippen LogP contribution in [-0.4, -0.2) is 26.8 Å². The molecule has 4 aromatic rings. The van der Waals surface area contributed by atoms with Crippen molar-refractivity contribution < 1.29 is 23.9 Å². The van der Waals surface area contributed by atoms with Crippen LogP contribution in [0, 0.1) is 6.92 Å². The van der Waals surface area contributed by atoms with Crippen LogP contribution in [0.4, 0.5) is 0 Å². The largest absolute Gasteiger partial charge is 0.487 e. The molecule has 2 aromatic heterocycles. The summed E-state index contributed by atoms with van der Waals surface area (Å²) in [4.78, 5) is 25.1. The van der Waals surface area contributed by atoms with Gasteiger partial charge < -0.3 is 19.1 Å². The molecule has 0 radical (unpaired) electrons. The molecule has 0 atom stereocenters. The Kier molecular flexibility index (Phi) is 7.85. The van der Waals surface area contributed by atoms with Gasteiger partial charge in [-0.1, -0.05) is 35.5 Å². The molecule has 0 bridgehead atoms. The first kappa shape index (κ1) is 23.7. The molecule has 0 aliphatic carbocycles. The Morgan fingerprint density at radius 2 is 1.80 bits per heavy atom. The maximum atomic E-state index is 11.0. The highest BCUT2D eigenvalue weighted by molar-refractivity contribution is 6.01. The fraction of sp³-hybridized carbons (Fsp3) is 0.185. The van der Waals surface area contributed by atoms with Crippen LogP contribution in [0.25, 0.3) is 11.5 Å². The Morgan fingerprint density at radius 3 is 2.51 bits per heavy atom. The van der Waals surface area contributed by atoms with Crippen LogP contribution in [-0.2, 0) is 22.8 Å². The summed E-state index contributed by atoms with van der Waals surface area (Å²) in [6.45, 7) is 2.40. The van der Waals surface area contributed by atoms with Crippen molar-refractivity contribution >= 4 is 11.7 Å². The molecule has 8 nitrogen and oxygen atoms in total. The van der Waals surface area contributed by atoms with Gasteiger partial charge in [0.05, 0.1) is 12.1 Å². The third-order valence-electron chi connectivity index (χ3n) is 5.19. The first-order valence-electron chi connectivity index (χ1n) is 11.1. The average Bonchev–Trinajstić information content (AvgIpc) is 3.27. The zero-order valence-electron chi connectivity index (χ0n) is 19.3. The second-order valence-corrected chi connectivity index (χ2v) is 7.77. The van der Waals surface area contributed by atoms with Gasteiger partial charge in [0.1, 0.15) is 30.4 Å². The van der Waals surface area contributed by atoms with Crippen molar-refractivity contribution in [3.8, 4) is 17.2 Å². The summed E-state index contributed by atoms with van der Waals surface area (Å²) in [7, 11) is 0. The summed E-state index contributed by atoms with van der Waals surface area (Å²) in [6, 6.07) is 20.8. The molecule has 2 heterocycles. The number of oxime groups is 1. The average molecular weight is 472 g/mol. The van der Waals surface area contributed by atoms with Crippen LogP contribution in [0.1, 0.15) is 35.4 Å². The van der Waals surface area contributed by atoms with Gasteiger partial charge in [0.15, 0.2) is 0 Å². The lowest BCUT2D eigenvalue weighted by molar-refractivity contribution is -0.136. The Hall–Kier alpha value is -4.46. The van der Waals surface area contributed by atoms with Crippen LogP contribution in [0.3, 0.4) is 0 Å². The first-order chi connectivity index (χ1) is 17.1. The number of nitrogens with zero attached hydrogens (tertiary/aromatic N) is 3. The molecule has 2 aromatic carbocycles. The molecule has 0 aliphatic rings. The number of carboxylic acids is 1. The fourth-order valence-electron chi connectivity index (χ4n) is 3.29. The highest BCUT2D eigenvalue weighted by Gasteiger charge is 2.12.